The van der Waals surface area contributed by atoms with Crippen LogP contribution < -0.4 is 19.5 Å². The Hall–Kier alpha value is -2.37. The molecule has 1 aliphatic rings. The van der Waals surface area contributed by atoms with Crippen LogP contribution in [0.15, 0.2) is 48.7 Å². The maximum atomic E-state index is 12.1. The lowest BCUT2D eigenvalue weighted by molar-refractivity contribution is -0.119. The first-order chi connectivity index (χ1) is 11.5. The van der Waals surface area contributed by atoms with Gasteiger partial charge in [0.1, 0.15) is 5.75 Å². The van der Waals surface area contributed by atoms with E-state index in [0.717, 1.165) is 5.56 Å². The maximum absolute atomic E-state index is 12.1. The summed E-state index contributed by atoms with van der Waals surface area (Å²) in [7, 11) is 0. The second-order valence-corrected chi connectivity index (χ2v) is 5.81. The van der Waals surface area contributed by atoms with Crippen LogP contribution in [0.1, 0.15) is 5.56 Å². The number of fused-ring (bicyclic) bond motifs is 1. The summed E-state index contributed by atoms with van der Waals surface area (Å²) in [5, 5.41) is 3.49. The molecule has 0 radical (unpaired) electrons. The number of ether oxygens (including phenoxy) is 3. The van der Waals surface area contributed by atoms with Crippen LogP contribution in [0.4, 0.5) is 0 Å². The van der Waals surface area contributed by atoms with Crippen LogP contribution in [-0.4, -0.2) is 12.7 Å². The lowest BCUT2D eigenvalue weighted by Crippen LogP contribution is -2.26. The Bertz CT molecular complexity index is 807. The van der Waals surface area contributed by atoms with E-state index >= 15 is 0 Å². The van der Waals surface area contributed by atoms with Crippen LogP contribution >= 0.6 is 23.2 Å². The van der Waals surface area contributed by atoms with Crippen molar-refractivity contribution in [3.63, 3.8) is 0 Å². The van der Waals surface area contributed by atoms with Gasteiger partial charge in [-0.1, -0.05) is 35.8 Å². The molecule has 1 aliphatic heterocycles. The molecular formula is C17H13Cl2NO4. The summed E-state index contributed by atoms with van der Waals surface area (Å²) in [6.07, 6.45) is 0. The van der Waals surface area contributed by atoms with E-state index in [0.29, 0.717) is 33.8 Å². The number of hydrogen-bond acceptors (Lipinski definition) is 4. The molecule has 7 heteroatoms. The summed E-state index contributed by atoms with van der Waals surface area (Å²) >= 11 is 11.8. The van der Waals surface area contributed by atoms with Crippen LogP contribution in [0.2, 0.25) is 10.0 Å². The molecule has 0 aliphatic carbocycles. The van der Waals surface area contributed by atoms with Crippen molar-refractivity contribution in [2.45, 2.75) is 6.54 Å². The number of benzene rings is 2. The van der Waals surface area contributed by atoms with E-state index in [1.165, 1.54) is 6.07 Å². The lowest BCUT2D eigenvalue weighted by atomic mass is 10.2. The summed E-state index contributed by atoms with van der Waals surface area (Å²) in [5.41, 5.74) is 0.866. The third-order valence-electron chi connectivity index (χ3n) is 3.27. The average molecular weight is 366 g/mol. The van der Waals surface area contributed by atoms with Crippen molar-refractivity contribution in [1.82, 2.24) is 5.32 Å². The van der Waals surface area contributed by atoms with Crippen molar-refractivity contribution in [3.05, 3.63) is 64.3 Å². The summed E-state index contributed by atoms with van der Waals surface area (Å²) in [5.74, 6) is 1.14. The largest absolute Gasteiger partial charge is 0.454 e. The quantitative estimate of drug-likeness (QED) is 0.644. The average Bonchev–Trinajstić information content (AvgIpc) is 3.02. The Labute approximate surface area is 148 Å². The molecule has 0 saturated carbocycles. The first kappa shape index (κ1) is 16.5. The van der Waals surface area contributed by atoms with Gasteiger partial charge in [0.25, 0.3) is 5.91 Å². The SMILES string of the molecule is C=C(Oc1ccc(Cl)cc1Cl)C(=O)NCc1ccc2c(c1)OCO2. The predicted molar refractivity (Wildman–Crippen MR) is 90.6 cm³/mol. The highest BCUT2D eigenvalue weighted by Gasteiger charge is 2.15. The van der Waals surface area contributed by atoms with E-state index in [1.54, 1.807) is 18.2 Å². The third kappa shape index (κ3) is 3.75. The Morgan fingerprint density at radius 2 is 1.96 bits per heavy atom. The smallest absolute Gasteiger partial charge is 0.286 e. The van der Waals surface area contributed by atoms with Crippen LogP contribution in [-0.2, 0) is 11.3 Å². The zero-order chi connectivity index (χ0) is 17.1. The topological polar surface area (TPSA) is 56.8 Å². The summed E-state index contributed by atoms with van der Waals surface area (Å²) in [4.78, 5) is 12.1. The Morgan fingerprint density at radius 3 is 2.75 bits per heavy atom. The van der Waals surface area contributed by atoms with Crippen LogP contribution in [0.5, 0.6) is 17.2 Å². The van der Waals surface area contributed by atoms with Gasteiger partial charge in [-0.2, -0.15) is 0 Å². The zero-order valence-corrected chi connectivity index (χ0v) is 14.0. The minimum absolute atomic E-state index is 0.0695. The number of nitrogens with one attached hydrogen (secondary N) is 1. The van der Waals surface area contributed by atoms with Gasteiger partial charge in [-0.3, -0.25) is 4.79 Å². The molecule has 0 spiro atoms. The molecule has 0 saturated heterocycles. The zero-order valence-electron chi connectivity index (χ0n) is 12.5. The highest BCUT2D eigenvalue weighted by Crippen LogP contribution is 2.32. The van der Waals surface area contributed by atoms with Crippen molar-refractivity contribution in [1.29, 1.82) is 0 Å². The van der Waals surface area contributed by atoms with Gasteiger partial charge in [0.2, 0.25) is 6.79 Å². The number of carbonyl (C=O) groups excluding carboxylic acids is 1. The second-order valence-electron chi connectivity index (χ2n) is 4.97. The predicted octanol–water partition coefficient (Wildman–Crippen LogP) is 3.93. The van der Waals surface area contributed by atoms with Crippen molar-refractivity contribution in [2.24, 2.45) is 0 Å². The Balaban J connectivity index is 1.57. The molecular weight excluding hydrogens is 353 g/mol. The molecule has 124 valence electrons. The van der Waals surface area contributed by atoms with Crippen molar-refractivity contribution < 1.29 is 19.0 Å². The molecule has 0 aromatic heterocycles. The Morgan fingerprint density at radius 1 is 1.17 bits per heavy atom. The molecule has 1 amide bonds. The van der Waals surface area contributed by atoms with Crippen LogP contribution in [0.3, 0.4) is 0 Å². The van der Waals surface area contributed by atoms with Gasteiger partial charge in [0.15, 0.2) is 17.3 Å². The first-order valence-corrected chi connectivity index (χ1v) is 7.77. The standard InChI is InChI=1S/C17H13Cl2NO4/c1-10(24-14-5-3-12(18)7-13(14)19)17(21)20-8-11-2-4-15-16(6-11)23-9-22-15/h2-7H,1,8-9H2,(H,20,21). The number of amides is 1. The van der Waals surface area contributed by atoms with Gasteiger partial charge in [-0.25, -0.2) is 0 Å². The second kappa shape index (κ2) is 7.03. The number of carbonyl (C=O) groups is 1. The number of rotatable bonds is 5. The molecule has 2 aromatic rings. The summed E-state index contributed by atoms with van der Waals surface area (Å²) in [6.45, 7) is 4.12. The summed E-state index contributed by atoms with van der Waals surface area (Å²) in [6, 6.07) is 10.1. The number of halogens is 2. The molecule has 5 nitrogen and oxygen atoms in total. The molecule has 0 atom stereocenters. The van der Waals surface area contributed by atoms with E-state index in [2.05, 4.69) is 11.9 Å². The van der Waals surface area contributed by atoms with Crippen LogP contribution in [0, 0.1) is 0 Å². The van der Waals surface area contributed by atoms with E-state index in [4.69, 9.17) is 37.4 Å². The van der Waals surface area contributed by atoms with Gasteiger partial charge in [-0.05, 0) is 35.9 Å². The first-order valence-electron chi connectivity index (χ1n) is 7.01. The molecule has 2 aromatic carbocycles. The fourth-order valence-electron chi connectivity index (χ4n) is 2.07. The molecule has 0 unspecified atom stereocenters. The molecule has 0 fully saturated rings. The van der Waals surface area contributed by atoms with Crippen molar-refractivity contribution >= 4 is 29.1 Å². The third-order valence-corrected chi connectivity index (χ3v) is 3.80. The van der Waals surface area contributed by atoms with E-state index < -0.39 is 5.91 Å². The molecule has 0 bridgehead atoms. The molecule has 1 heterocycles. The molecule has 24 heavy (non-hydrogen) atoms. The highest BCUT2D eigenvalue weighted by atomic mass is 35.5. The van der Waals surface area contributed by atoms with Crippen LogP contribution in [0.25, 0.3) is 0 Å². The normalized spacial score (nSPS) is 11.9. The summed E-state index contributed by atoms with van der Waals surface area (Å²) < 4.78 is 15.9. The van der Waals surface area contributed by atoms with Gasteiger partial charge < -0.3 is 19.5 Å². The van der Waals surface area contributed by atoms with Gasteiger partial charge in [-0.15, -0.1) is 0 Å². The fourth-order valence-corrected chi connectivity index (χ4v) is 2.52. The maximum Gasteiger partial charge on any atom is 0.286 e. The fraction of sp³-hybridized carbons (Fsp3) is 0.118. The van der Waals surface area contributed by atoms with Gasteiger partial charge >= 0.3 is 0 Å². The number of hydrogen-bond donors (Lipinski definition) is 1. The highest BCUT2D eigenvalue weighted by molar-refractivity contribution is 6.35. The minimum Gasteiger partial charge on any atom is -0.454 e. The van der Waals surface area contributed by atoms with Crippen molar-refractivity contribution in [3.8, 4) is 17.2 Å². The molecule has 1 N–H and O–H groups in total. The minimum atomic E-state index is -0.446. The van der Waals surface area contributed by atoms with E-state index in [1.807, 2.05) is 12.1 Å². The van der Waals surface area contributed by atoms with Crippen molar-refractivity contribution in [2.75, 3.05) is 6.79 Å². The lowest BCUT2D eigenvalue weighted by Gasteiger charge is -2.11. The molecule has 3 rings (SSSR count). The van der Waals surface area contributed by atoms with Gasteiger partial charge in [0, 0.05) is 11.6 Å². The van der Waals surface area contributed by atoms with E-state index in [9.17, 15) is 4.79 Å². The Kier molecular flexibility index (Phi) is 4.83. The van der Waals surface area contributed by atoms with E-state index in [-0.39, 0.29) is 12.6 Å². The van der Waals surface area contributed by atoms with Gasteiger partial charge in [0.05, 0.1) is 5.02 Å². The monoisotopic (exact) mass is 365 g/mol.